The van der Waals surface area contributed by atoms with Crippen molar-refractivity contribution in [2.24, 2.45) is 11.7 Å². The average molecular weight is 298 g/mol. The molecule has 0 aliphatic carbocycles. The van der Waals surface area contributed by atoms with Gasteiger partial charge in [0.2, 0.25) is 11.8 Å². The topological polar surface area (TPSA) is 89.4 Å². The van der Waals surface area contributed by atoms with Crippen molar-refractivity contribution in [3.05, 3.63) is 22.7 Å². The fourth-order valence-corrected chi connectivity index (χ4v) is 2.33. The van der Waals surface area contributed by atoms with Gasteiger partial charge in [-0.1, -0.05) is 15.9 Å². The molecule has 1 atom stereocenters. The number of halogens is 1. The van der Waals surface area contributed by atoms with E-state index in [1.54, 1.807) is 18.2 Å². The molecular weight excluding hydrogens is 286 g/mol. The minimum atomic E-state index is -0.724. The molecule has 1 aromatic rings. The summed E-state index contributed by atoms with van der Waals surface area (Å²) in [4.78, 5) is 24.5. The lowest BCUT2D eigenvalue weighted by Gasteiger charge is -2.18. The van der Waals surface area contributed by atoms with Crippen molar-refractivity contribution in [1.82, 2.24) is 0 Å². The van der Waals surface area contributed by atoms with Crippen LogP contribution < -0.4 is 16.4 Å². The molecule has 1 heterocycles. The Morgan fingerprint density at radius 1 is 1.47 bits per heavy atom. The number of nitrogen functional groups attached to an aromatic ring is 1. The third kappa shape index (κ3) is 2.12. The smallest absolute Gasteiger partial charge is 0.239 e. The van der Waals surface area contributed by atoms with Gasteiger partial charge in [0.25, 0.3) is 0 Å². The van der Waals surface area contributed by atoms with Gasteiger partial charge in [0.1, 0.15) is 5.92 Å². The second kappa shape index (κ2) is 4.37. The number of rotatable bonds is 2. The van der Waals surface area contributed by atoms with Gasteiger partial charge < -0.3 is 16.4 Å². The second-order valence-electron chi connectivity index (χ2n) is 3.94. The van der Waals surface area contributed by atoms with Crippen molar-refractivity contribution < 1.29 is 9.59 Å². The molecule has 90 valence electrons. The highest BCUT2D eigenvalue weighted by Crippen LogP contribution is 2.31. The molecule has 1 saturated heterocycles. The largest absolute Gasteiger partial charge is 0.397 e. The fourth-order valence-electron chi connectivity index (χ4n) is 1.95. The van der Waals surface area contributed by atoms with Crippen molar-refractivity contribution in [2.75, 3.05) is 17.2 Å². The Hall–Kier alpha value is -1.56. The molecule has 1 aliphatic heterocycles. The lowest BCUT2D eigenvalue weighted by Crippen LogP contribution is -2.33. The van der Waals surface area contributed by atoms with Crippen LogP contribution in [-0.2, 0) is 9.59 Å². The second-order valence-corrected chi connectivity index (χ2v) is 4.85. The first-order chi connectivity index (χ1) is 8.00. The Morgan fingerprint density at radius 2 is 2.18 bits per heavy atom. The van der Waals surface area contributed by atoms with Crippen LogP contribution in [0, 0.1) is 5.92 Å². The van der Waals surface area contributed by atoms with Gasteiger partial charge in [0.15, 0.2) is 0 Å². The molecule has 4 N–H and O–H groups in total. The molecule has 17 heavy (non-hydrogen) atoms. The van der Waals surface area contributed by atoms with Crippen LogP contribution in [0.1, 0.15) is 6.42 Å². The summed E-state index contributed by atoms with van der Waals surface area (Å²) >= 11 is 3.30. The van der Waals surface area contributed by atoms with Gasteiger partial charge in [0.05, 0.1) is 11.4 Å². The number of primary amides is 1. The summed E-state index contributed by atoms with van der Waals surface area (Å²) in [5, 5.41) is 0. The summed E-state index contributed by atoms with van der Waals surface area (Å²) in [5.74, 6) is -1.57. The number of hydrogen-bond acceptors (Lipinski definition) is 3. The molecule has 1 unspecified atom stereocenters. The van der Waals surface area contributed by atoms with Gasteiger partial charge in [-0.3, -0.25) is 9.59 Å². The van der Waals surface area contributed by atoms with E-state index in [0.717, 1.165) is 4.47 Å². The molecule has 0 radical (unpaired) electrons. The summed E-state index contributed by atoms with van der Waals surface area (Å²) in [7, 11) is 0. The fraction of sp³-hybridized carbons (Fsp3) is 0.273. The van der Waals surface area contributed by atoms with Gasteiger partial charge in [-0.25, -0.2) is 0 Å². The summed E-state index contributed by atoms with van der Waals surface area (Å²) in [5.41, 5.74) is 12.1. The average Bonchev–Trinajstić information content (AvgIpc) is 2.60. The highest BCUT2D eigenvalue weighted by Gasteiger charge is 2.36. The zero-order chi connectivity index (χ0) is 12.6. The molecule has 2 amide bonds. The Bertz CT molecular complexity index is 490. The molecule has 1 fully saturated rings. The Balaban J connectivity index is 2.30. The minimum Gasteiger partial charge on any atom is -0.397 e. The van der Waals surface area contributed by atoms with Crippen LogP contribution >= 0.6 is 15.9 Å². The Labute approximate surface area is 107 Å². The molecule has 0 saturated carbocycles. The predicted molar refractivity (Wildman–Crippen MR) is 68.2 cm³/mol. The standard InChI is InChI=1S/C11H12BrN3O2/c12-6-1-2-9(8(13)5-6)15-4-3-7(10(14)16)11(15)17/h1-2,5,7H,3-4,13H2,(H2,14,16). The number of benzene rings is 1. The van der Waals surface area contributed by atoms with E-state index in [-0.39, 0.29) is 5.91 Å². The lowest BCUT2D eigenvalue weighted by molar-refractivity contribution is -0.130. The first kappa shape index (κ1) is 11.9. The lowest BCUT2D eigenvalue weighted by atomic mass is 10.1. The van der Waals surface area contributed by atoms with Crippen LogP contribution in [0.25, 0.3) is 0 Å². The summed E-state index contributed by atoms with van der Waals surface area (Å²) in [6.07, 6.45) is 0.448. The number of amides is 2. The first-order valence-electron chi connectivity index (χ1n) is 5.16. The van der Waals surface area contributed by atoms with Crippen LogP contribution in [0.5, 0.6) is 0 Å². The third-order valence-corrected chi connectivity index (χ3v) is 3.32. The van der Waals surface area contributed by atoms with Gasteiger partial charge in [0, 0.05) is 11.0 Å². The van der Waals surface area contributed by atoms with Crippen molar-refractivity contribution >= 4 is 39.1 Å². The van der Waals surface area contributed by atoms with Crippen molar-refractivity contribution in [3.63, 3.8) is 0 Å². The zero-order valence-corrected chi connectivity index (χ0v) is 10.6. The molecule has 0 aromatic heterocycles. The summed E-state index contributed by atoms with van der Waals surface area (Å²) < 4.78 is 0.844. The molecule has 1 aliphatic rings. The molecule has 2 rings (SSSR count). The van der Waals surface area contributed by atoms with Crippen LogP contribution in [0.3, 0.4) is 0 Å². The quantitative estimate of drug-likeness (QED) is 0.627. The summed E-state index contributed by atoms with van der Waals surface area (Å²) in [6.45, 7) is 0.471. The highest BCUT2D eigenvalue weighted by molar-refractivity contribution is 9.10. The van der Waals surface area contributed by atoms with E-state index in [2.05, 4.69) is 15.9 Å². The van der Waals surface area contributed by atoms with E-state index < -0.39 is 11.8 Å². The van der Waals surface area contributed by atoms with Crippen molar-refractivity contribution in [1.29, 1.82) is 0 Å². The van der Waals surface area contributed by atoms with Gasteiger partial charge in [-0.15, -0.1) is 0 Å². The van der Waals surface area contributed by atoms with Gasteiger partial charge in [-0.05, 0) is 24.6 Å². The van der Waals surface area contributed by atoms with E-state index in [9.17, 15) is 9.59 Å². The van der Waals surface area contributed by atoms with Crippen LogP contribution in [0.4, 0.5) is 11.4 Å². The normalized spacial score (nSPS) is 19.7. The van der Waals surface area contributed by atoms with E-state index in [1.165, 1.54) is 4.90 Å². The maximum Gasteiger partial charge on any atom is 0.239 e. The highest BCUT2D eigenvalue weighted by atomic mass is 79.9. The van der Waals surface area contributed by atoms with Crippen LogP contribution in [-0.4, -0.2) is 18.4 Å². The number of hydrogen-bond donors (Lipinski definition) is 2. The summed E-state index contributed by atoms with van der Waals surface area (Å²) in [6, 6.07) is 5.28. The van der Waals surface area contributed by atoms with Crippen LogP contribution in [0.2, 0.25) is 0 Å². The monoisotopic (exact) mass is 297 g/mol. The van der Waals surface area contributed by atoms with E-state index in [1.807, 2.05) is 0 Å². The number of anilines is 2. The van der Waals surface area contributed by atoms with Gasteiger partial charge in [-0.2, -0.15) is 0 Å². The first-order valence-corrected chi connectivity index (χ1v) is 5.95. The molecule has 6 heteroatoms. The van der Waals surface area contributed by atoms with E-state index in [4.69, 9.17) is 11.5 Å². The SMILES string of the molecule is NC(=O)C1CCN(c2ccc(Br)cc2N)C1=O. The number of nitrogens with zero attached hydrogens (tertiary/aromatic N) is 1. The van der Waals surface area contributed by atoms with Crippen LogP contribution in [0.15, 0.2) is 22.7 Å². The molecular formula is C11H12BrN3O2. The molecule has 1 aromatic carbocycles. The Morgan fingerprint density at radius 3 is 2.71 bits per heavy atom. The van der Waals surface area contributed by atoms with E-state index in [0.29, 0.717) is 24.3 Å². The third-order valence-electron chi connectivity index (χ3n) is 2.83. The van der Waals surface area contributed by atoms with Crippen molar-refractivity contribution in [2.45, 2.75) is 6.42 Å². The number of carbonyl (C=O) groups is 2. The number of carbonyl (C=O) groups excluding carboxylic acids is 2. The Kier molecular flexibility index (Phi) is 3.06. The number of nitrogens with two attached hydrogens (primary N) is 2. The zero-order valence-electron chi connectivity index (χ0n) is 9.02. The maximum absolute atomic E-state index is 11.9. The molecule has 0 bridgehead atoms. The van der Waals surface area contributed by atoms with Crippen molar-refractivity contribution in [3.8, 4) is 0 Å². The maximum atomic E-state index is 11.9. The molecule has 5 nitrogen and oxygen atoms in total. The van der Waals surface area contributed by atoms with Gasteiger partial charge >= 0.3 is 0 Å². The van der Waals surface area contributed by atoms with E-state index >= 15 is 0 Å². The molecule has 0 spiro atoms. The predicted octanol–water partition coefficient (Wildman–Crippen LogP) is 0.869. The minimum absolute atomic E-state index is 0.272.